The lowest BCUT2D eigenvalue weighted by atomic mass is 9.95. The van der Waals surface area contributed by atoms with E-state index < -0.39 is 0 Å². The molecule has 1 fully saturated rings. The summed E-state index contributed by atoms with van der Waals surface area (Å²) >= 11 is 6.22. The van der Waals surface area contributed by atoms with Crippen LogP contribution in [0.15, 0.2) is 0 Å². The summed E-state index contributed by atoms with van der Waals surface area (Å²) < 4.78 is 0. The third kappa shape index (κ3) is 3.02. The molecular formula is C10H19Cl. The van der Waals surface area contributed by atoms with Crippen molar-refractivity contribution in [1.29, 1.82) is 0 Å². The first-order chi connectivity index (χ1) is 5.34. The maximum Gasteiger partial charge on any atom is 0.0361 e. The normalized spacial score (nSPS) is 24.5. The average molecular weight is 175 g/mol. The molecule has 1 aliphatic rings. The van der Waals surface area contributed by atoms with Crippen molar-refractivity contribution in [3.63, 3.8) is 0 Å². The molecule has 1 unspecified atom stereocenters. The van der Waals surface area contributed by atoms with Crippen molar-refractivity contribution in [2.75, 3.05) is 0 Å². The minimum absolute atomic E-state index is 0.452. The Balaban J connectivity index is 2.30. The highest BCUT2D eigenvalue weighted by atomic mass is 35.5. The van der Waals surface area contributed by atoms with Gasteiger partial charge in [-0.25, -0.2) is 0 Å². The van der Waals surface area contributed by atoms with Crippen LogP contribution in [0.1, 0.15) is 51.9 Å². The quantitative estimate of drug-likeness (QED) is 0.439. The Morgan fingerprint density at radius 3 is 2.18 bits per heavy atom. The maximum absolute atomic E-state index is 6.22. The van der Waals surface area contributed by atoms with Crippen molar-refractivity contribution >= 4 is 11.6 Å². The van der Waals surface area contributed by atoms with Gasteiger partial charge in [-0.3, -0.25) is 0 Å². The molecule has 0 aliphatic heterocycles. The van der Waals surface area contributed by atoms with Gasteiger partial charge in [0, 0.05) is 5.38 Å². The van der Waals surface area contributed by atoms with Crippen LogP contribution in [-0.4, -0.2) is 5.38 Å². The monoisotopic (exact) mass is 174 g/mol. The van der Waals surface area contributed by atoms with Crippen molar-refractivity contribution in [1.82, 2.24) is 0 Å². The van der Waals surface area contributed by atoms with Crippen LogP contribution in [0.3, 0.4) is 0 Å². The zero-order valence-corrected chi connectivity index (χ0v) is 8.24. The van der Waals surface area contributed by atoms with Gasteiger partial charge in [0.05, 0.1) is 0 Å². The fourth-order valence-electron chi connectivity index (χ4n) is 2.01. The zero-order valence-electron chi connectivity index (χ0n) is 7.48. The molecule has 0 saturated heterocycles. The fourth-order valence-corrected chi connectivity index (χ4v) is 2.26. The van der Waals surface area contributed by atoms with Crippen LogP contribution >= 0.6 is 11.6 Å². The molecule has 1 aliphatic carbocycles. The molecule has 11 heavy (non-hydrogen) atoms. The van der Waals surface area contributed by atoms with Gasteiger partial charge in [0.15, 0.2) is 0 Å². The molecule has 0 heterocycles. The SMILES string of the molecule is CCC(Cl)C1CCCCCC1. The zero-order chi connectivity index (χ0) is 8.10. The third-order valence-corrected chi connectivity index (χ3v) is 3.47. The smallest absolute Gasteiger partial charge is 0.0361 e. The van der Waals surface area contributed by atoms with Crippen LogP contribution in [0.25, 0.3) is 0 Å². The van der Waals surface area contributed by atoms with Crippen molar-refractivity contribution in [3.8, 4) is 0 Å². The van der Waals surface area contributed by atoms with Crippen LogP contribution in [0.5, 0.6) is 0 Å². The van der Waals surface area contributed by atoms with E-state index in [1.165, 1.54) is 38.5 Å². The van der Waals surface area contributed by atoms with Gasteiger partial charge in [0.1, 0.15) is 0 Å². The summed E-state index contributed by atoms with van der Waals surface area (Å²) in [7, 11) is 0. The highest BCUT2D eigenvalue weighted by Crippen LogP contribution is 2.29. The first kappa shape index (κ1) is 9.38. The standard InChI is InChI=1S/C10H19Cl/c1-2-10(11)9-7-5-3-4-6-8-9/h9-10H,2-8H2,1H3. The molecule has 0 spiro atoms. The van der Waals surface area contributed by atoms with Crippen LogP contribution in [0, 0.1) is 5.92 Å². The van der Waals surface area contributed by atoms with E-state index in [9.17, 15) is 0 Å². The summed E-state index contributed by atoms with van der Waals surface area (Å²) in [5.41, 5.74) is 0. The predicted molar refractivity (Wildman–Crippen MR) is 51.1 cm³/mol. The molecule has 0 aromatic carbocycles. The lowest BCUT2D eigenvalue weighted by molar-refractivity contribution is 0.431. The second kappa shape index (κ2) is 5.03. The summed E-state index contributed by atoms with van der Waals surface area (Å²) in [4.78, 5) is 0. The molecular weight excluding hydrogens is 156 g/mol. The van der Waals surface area contributed by atoms with Crippen LogP contribution in [0.2, 0.25) is 0 Å². The summed E-state index contributed by atoms with van der Waals surface area (Å²) in [5.74, 6) is 0.823. The van der Waals surface area contributed by atoms with E-state index in [1.54, 1.807) is 0 Å². The molecule has 1 atom stereocenters. The number of halogens is 1. The first-order valence-electron chi connectivity index (χ1n) is 4.98. The lowest BCUT2D eigenvalue weighted by Crippen LogP contribution is -2.12. The Bertz CT molecular complexity index is 93.0. The minimum atomic E-state index is 0.452. The van der Waals surface area contributed by atoms with Crippen LogP contribution < -0.4 is 0 Å². The van der Waals surface area contributed by atoms with E-state index in [0.717, 1.165) is 12.3 Å². The summed E-state index contributed by atoms with van der Waals surface area (Å²) in [6.45, 7) is 2.20. The van der Waals surface area contributed by atoms with E-state index in [-0.39, 0.29) is 0 Å². The van der Waals surface area contributed by atoms with Gasteiger partial charge in [0.25, 0.3) is 0 Å². The van der Waals surface area contributed by atoms with E-state index in [2.05, 4.69) is 6.92 Å². The van der Waals surface area contributed by atoms with Gasteiger partial charge in [-0.05, 0) is 25.2 Å². The molecule has 0 aromatic heterocycles. The van der Waals surface area contributed by atoms with Gasteiger partial charge in [0.2, 0.25) is 0 Å². The highest BCUT2D eigenvalue weighted by Gasteiger charge is 2.18. The second-order valence-electron chi connectivity index (χ2n) is 3.68. The largest absolute Gasteiger partial charge is 0.123 e. The topological polar surface area (TPSA) is 0 Å². The van der Waals surface area contributed by atoms with Crippen LogP contribution in [-0.2, 0) is 0 Å². The van der Waals surface area contributed by atoms with Gasteiger partial charge < -0.3 is 0 Å². The third-order valence-electron chi connectivity index (χ3n) is 2.80. The molecule has 0 amide bonds. The molecule has 1 heteroatoms. The Hall–Kier alpha value is 0.290. The average Bonchev–Trinajstić information content (AvgIpc) is 2.30. The molecule has 0 nitrogen and oxygen atoms in total. The van der Waals surface area contributed by atoms with E-state index in [0.29, 0.717) is 5.38 Å². The van der Waals surface area contributed by atoms with E-state index >= 15 is 0 Å². The van der Waals surface area contributed by atoms with Gasteiger partial charge >= 0.3 is 0 Å². The maximum atomic E-state index is 6.22. The van der Waals surface area contributed by atoms with Gasteiger partial charge in [-0.1, -0.05) is 32.6 Å². The number of rotatable bonds is 2. The number of hydrogen-bond donors (Lipinski definition) is 0. The van der Waals surface area contributed by atoms with Crippen molar-refractivity contribution < 1.29 is 0 Å². The Labute approximate surface area is 75.3 Å². The van der Waals surface area contributed by atoms with E-state index in [4.69, 9.17) is 11.6 Å². The van der Waals surface area contributed by atoms with Crippen molar-refractivity contribution in [2.24, 2.45) is 5.92 Å². The summed E-state index contributed by atoms with van der Waals surface area (Å²) in [6, 6.07) is 0. The van der Waals surface area contributed by atoms with E-state index in [1.807, 2.05) is 0 Å². The summed E-state index contributed by atoms with van der Waals surface area (Å²) in [5, 5.41) is 0.452. The Morgan fingerprint density at radius 1 is 1.18 bits per heavy atom. The number of alkyl halides is 1. The lowest BCUT2D eigenvalue weighted by Gasteiger charge is -2.18. The molecule has 0 radical (unpaired) electrons. The van der Waals surface area contributed by atoms with Crippen molar-refractivity contribution in [3.05, 3.63) is 0 Å². The van der Waals surface area contributed by atoms with Gasteiger partial charge in [-0.15, -0.1) is 11.6 Å². The molecule has 66 valence electrons. The molecule has 0 aromatic rings. The van der Waals surface area contributed by atoms with Gasteiger partial charge in [-0.2, -0.15) is 0 Å². The minimum Gasteiger partial charge on any atom is -0.123 e. The fraction of sp³-hybridized carbons (Fsp3) is 1.00. The second-order valence-corrected chi connectivity index (χ2v) is 4.24. The van der Waals surface area contributed by atoms with Crippen molar-refractivity contribution in [2.45, 2.75) is 57.2 Å². The highest BCUT2D eigenvalue weighted by molar-refractivity contribution is 6.20. The molecule has 1 saturated carbocycles. The molecule has 0 N–H and O–H groups in total. The Kier molecular flexibility index (Phi) is 4.29. The predicted octanol–water partition coefficient (Wildman–Crippen LogP) is 3.97. The Morgan fingerprint density at radius 2 is 1.73 bits per heavy atom. The first-order valence-corrected chi connectivity index (χ1v) is 5.42. The summed E-state index contributed by atoms with van der Waals surface area (Å²) in [6.07, 6.45) is 9.59. The number of hydrogen-bond acceptors (Lipinski definition) is 0. The van der Waals surface area contributed by atoms with Crippen LogP contribution in [0.4, 0.5) is 0 Å². The molecule has 1 rings (SSSR count). The molecule has 0 bridgehead atoms.